The van der Waals surface area contributed by atoms with E-state index in [0.717, 1.165) is 17.9 Å². The molecular weight excluding hydrogens is 206 g/mol. The molecule has 3 atom stereocenters. The van der Waals surface area contributed by atoms with Gasteiger partial charge < -0.3 is 5.32 Å². The average molecular weight is 224 g/mol. The van der Waals surface area contributed by atoms with Gasteiger partial charge in [0.15, 0.2) is 0 Å². The molecule has 1 aromatic rings. The summed E-state index contributed by atoms with van der Waals surface area (Å²) in [4.78, 5) is 0. The lowest BCUT2D eigenvalue weighted by atomic mass is 9.64. The number of hydrogen-bond donors (Lipinski definition) is 1. The van der Waals surface area contributed by atoms with Crippen LogP contribution in [0.2, 0.25) is 0 Å². The highest BCUT2D eigenvalue weighted by molar-refractivity contribution is 5.85. The molecule has 0 heterocycles. The first-order valence-corrected chi connectivity index (χ1v) is 5.66. The van der Waals surface area contributed by atoms with Gasteiger partial charge in [0.2, 0.25) is 0 Å². The summed E-state index contributed by atoms with van der Waals surface area (Å²) < 4.78 is 0. The van der Waals surface area contributed by atoms with E-state index in [1.807, 2.05) is 0 Å². The van der Waals surface area contributed by atoms with E-state index in [9.17, 15) is 0 Å². The molecule has 0 saturated heterocycles. The second-order valence-electron chi connectivity index (χ2n) is 4.64. The molecule has 1 nitrogen and oxygen atoms in total. The summed E-state index contributed by atoms with van der Waals surface area (Å²) in [5.74, 6) is 1.61. The van der Waals surface area contributed by atoms with E-state index >= 15 is 0 Å². The van der Waals surface area contributed by atoms with Gasteiger partial charge in [-0.25, -0.2) is 0 Å². The van der Waals surface area contributed by atoms with E-state index < -0.39 is 0 Å². The number of rotatable bonds is 1. The molecule has 1 N–H and O–H groups in total. The van der Waals surface area contributed by atoms with Gasteiger partial charge in [-0.1, -0.05) is 24.3 Å². The Balaban J connectivity index is 0.000000853. The molecule has 2 heteroatoms. The Morgan fingerprint density at radius 3 is 2.60 bits per heavy atom. The lowest BCUT2D eigenvalue weighted by Crippen LogP contribution is -2.41. The van der Waals surface area contributed by atoms with E-state index in [2.05, 4.69) is 36.6 Å². The lowest BCUT2D eigenvalue weighted by molar-refractivity contribution is 0.283. The third kappa shape index (κ3) is 1.58. The molecule has 82 valence electrons. The molecule has 1 fully saturated rings. The second-order valence-corrected chi connectivity index (χ2v) is 4.64. The minimum Gasteiger partial charge on any atom is -0.316 e. The van der Waals surface area contributed by atoms with E-state index in [-0.39, 0.29) is 12.4 Å². The van der Waals surface area contributed by atoms with E-state index in [1.165, 1.54) is 19.3 Å². The van der Waals surface area contributed by atoms with Crippen molar-refractivity contribution in [3.8, 4) is 0 Å². The molecule has 3 aliphatic rings. The fourth-order valence-corrected chi connectivity index (χ4v) is 3.36. The summed E-state index contributed by atoms with van der Waals surface area (Å²) >= 11 is 0. The summed E-state index contributed by atoms with van der Waals surface area (Å²) in [6.45, 7) is 0. The second kappa shape index (κ2) is 4.15. The van der Waals surface area contributed by atoms with Gasteiger partial charge in [0.1, 0.15) is 0 Å². The van der Waals surface area contributed by atoms with E-state index in [4.69, 9.17) is 0 Å². The van der Waals surface area contributed by atoms with Crippen molar-refractivity contribution in [1.29, 1.82) is 0 Å². The van der Waals surface area contributed by atoms with Crippen LogP contribution in [-0.4, -0.2) is 13.1 Å². The monoisotopic (exact) mass is 223 g/mol. The Labute approximate surface area is 97.7 Å². The molecule has 4 rings (SSSR count). The fraction of sp³-hybridized carbons (Fsp3) is 0.538. The van der Waals surface area contributed by atoms with Gasteiger partial charge in [0.25, 0.3) is 0 Å². The van der Waals surface area contributed by atoms with Crippen LogP contribution in [0.3, 0.4) is 0 Å². The third-order valence-electron chi connectivity index (χ3n) is 4.06. The summed E-state index contributed by atoms with van der Waals surface area (Å²) in [5, 5.41) is 3.48. The summed E-state index contributed by atoms with van der Waals surface area (Å²) in [6.07, 6.45) is 4.13. The highest BCUT2D eigenvalue weighted by atomic mass is 35.5. The number of hydrogen-bond acceptors (Lipinski definition) is 1. The Hall–Kier alpha value is -0.530. The first-order valence-electron chi connectivity index (χ1n) is 5.66. The van der Waals surface area contributed by atoms with E-state index in [0.29, 0.717) is 0 Å². The van der Waals surface area contributed by atoms with Crippen LogP contribution in [0.25, 0.3) is 0 Å². The van der Waals surface area contributed by atoms with Crippen molar-refractivity contribution in [2.24, 2.45) is 0 Å². The summed E-state index contributed by atoms with van der Waals surface area (Å²) in [6, 6.07) is 9.76. The Morgan fingerprint density at radius 1 is 1.13 bits per heavy atom. The van der Waals surface area contributed by atoms with Crippen molar-refractivity contribution in [1.82, 2.24) is 5.32 Å². The first-order chi connectivity index (χ1) is 6.90. The maximum atomic E-state index is 3.48. The van der Waals surface area contributed by atoms with Crippen LogP contribution in [0, 0.1) is 0 Å². The maximum Gasteiger partial charge on any atom is 0.0139 e. The molecule has 1 aromatic carbocycles. The molecule has 3 aliphatic carbocycles. The predicted molar refractivity (Wildman–Crippen MR) is 65.9 cm³/mol. The lowest BCUT2D eigenvalue weighted by Gasteiger charge is -2.44. The molecule has 0 amide bonds. The Bertz CT molecular complexity index is 350. The number of fused-ring (bicyclic) bond motifs is 2. The summed E-state index contributed by atoms with van der Waals surface area (Å²) in [7, 11) is 2.11. The number of nitrogens with one attached hydrogen (secondary N) is 1. The van der Waals surface area contributed by atoms with Gasteiger partial charge in [-0.05, 0) is 49.3 Å². The zero-order valence-corrected chi connectivity index (χ0v) is 9.89. The maximum absolute atomic E-state index is 3.48. The van der Waals surface area contributed by atoms with Gasteiger partial charge in [-0.3, -0.25) is 0 Å². The van der Waals surface area contributed by atoms with Gasteiger partial charge in [0, 0.05) is 6.04 Å². The normalized spacial score (nSPS) is 31.9. The van der Waals surface area contributed by atoms with Crippen LogP contribution < -0.4 is 5.32 Å². The zero-order chi connectivity index (χ0) is 9.54. The van der Waals surface area contributed by atoms with Crippen molar-refractivity contribution in [3.05, 3.63) is 35.4 Å². The topological polar surface area (TPSA) is 12.0 Å². The van der Waals surface area contributed by atoms with Crippen molar-refractivity contribution in [3.63, 3.8) is 0 Å². The molecule has 0 spiro atoms. The fourth-order valence-electron chi connectivity index (χ4n) is 3.36. The smallest absolute Gasteiger partial charge is 0.0139 e. The summed E-state index contributed by atoms with van der Waals surface area (Å²) in [5.41, 5.74) is 3.25. The standard InChI is InChI=1S/C13H17N.ClH/c1-14-13-8-9-6-7-12(13)11-5-3-2-4-10(9)11;/h2-5,9,12-14H,6-8H2,1H3;1H. The molecule has 3 unspecified atom stereocenters. The molecule has 0 aromatic heterocycles. The van der Waals surface area contributed by atoms with Gasteiger partial charge in [0.05, 0.1) is 0 Å². The number of halogens is 1. The molecule has 0 aliphatic heterocycles. The van der Waals surface area contributed by atoms with Crippen LogP contribution in [0.5, 0.6) is 0 Å². The van der Waals surface area contributed by atoms with Crippen LogP contribution in [0.15, 0.2) is 24.3 Å². The van der Waals surface area contributed by atoms with Crippen LogP contribution in [0.1, 0.15) is 42.2 Å². The van der Waals surface area contributed by atoms with Crippen LogP contribution >= 0.6 is 12.4 Å². The largest absolute Gasteiger partial charge is 0.316 e. The number of likely N-dealkylation sites (N-methyl/N-ethyl adjacent to an activating group) is 1. The minimum atomic E-state index is 0. The molecule has 15 heavy (non-hydrogen) atoms. The predicted octanol–water partition coefficient (Wildman–Crippen LogP) is 3.06. The highest BCUT2D eigenvalue weighted by Gasteiger charge is 2.38. The average Bonchev–Trinajstić information content (AvgIpc) is 2.30. The van der Waals surface area contributed by atoms with Crippen molar-refractivity contribution >= 4 is 12.4 Å². The highest BCUT2D eigenvalue weighted by Crippen LogP contribution is 2.48. The first kappa shape index (κ1) is 11.0. The molecule has 1 saturated carbocycles. The third-order valence-corrected chi connectivity index (χ3v) is 4.06. The SMILES string of the molecule is CNC1CC2CCC1c1ccccc12.Cl. The molecule has 2 bridgehead atoms. The Morgan fingerprint density at radius 2 is 1.87 bits per heavy atom. The Kier molecular flexibility index (Phi) is 3.03. The van der Waals surface area contributed by atoms with Crippen LogP contribution in [0.4, 0.5) is 0 Å². The quantitative estimate of drug-likeness (QED) is 0.772. The van der Waals surface area contributed by atoms with Crippen molar-refractivity contribution in [2.75, 3.05) is 7.05 Å². The molecular formula is C13H18ClN. The van der Waals surface area contributed by atoms with Gasteiger partial charge >= 0.3 is 0 Å². The van der Waals surface area contributed by atoms with Gasteiger partial charge in [-0.15, -0.1) is 12.4 Å². The number of benzene rings is 1. The minimum absolute atomic E-state index is 0. The zero-order valence-electron chi connectivity index (χ0n) is 9.07. The van der Waals surface area contributed by atoms with Crippen LogP contribution in [-0.2, 0) is 0 Å². The molecule has 0 radical (unpaired) electrons. The van der Waals surface area contributed by atoms with E-state index in [1.54, 1.807) is 11.1 Å². The van der Waals surface area contributed by atoms with Crippen molar-refractivity contribution < 1.29 is 0 Å². The van der Waals surface area contributed by atoms with Crippen molar-refractivity contribution in [2.45, 2.75) is 37.1 Å². The van der Waals surface area contributed by atoms with Gasteiger partial charge in [-0.2, -0.15) is 0 Å².